The third-order valence-electron chi connectivity index (χ3n) is 4.64. The number of rotatable bonds is 3. The Morgan fingerprint density at radius 3 is 2.32 bits per heavy atom. The highest BCUT2D eigenvalue weighted by Crippen LogP contribution is 2.35. The van der Waals surface area contributed by atoms with Gasteiger partial charge in [-0.15, -0.1) is 0 Å². The standard InChI is InChI=1S/C22H15NO5/c1-28-13-6-4-5-12(11-13)23-22(27)17-10-9-16-18(21(17)26)20(25)15-8-3-2-7-14(15)19(16)24/h2-11,26H,1H3,(H,23,27). The molecule has 1 aliphatic rings. The number of methoxy groups -OCH3 is 1. The van der Waals surface area contributed by atoms with Crippen LogP contribution in [-0.4, -0.2) is 29.7 Å². The number of nitrogens with one attached hydrogen (secondary N) is 1. The Morgan fingerprint density at radius 2 is 1.61 bits per heavy atom. The number of phenolic OH excluding ortho intramolecular Hbond substituents is 1. The zero-order chi connectivity index (χ0) is 19.8. The monoisotopic (exact) mass is 373 g/mol. The minimum Gasteiger partial charge on any atom is -0.506 e. The first-order chi connectivity index (χ1) is 13.5. The summed E-state index contributed by atoms with van der Waals surface area (Å²) in [6.45, 7) is 0. The van der Waals surface area contributed by atoms with Crippen molar-refractivity contribution in [3.8, 4) is 11.5 Å². The molecular formula is C22H15NO5. The first-order valence-electron chi connectivity index (χ1n) is 8.51. The lowest BCUT2D eigenvalue weighted by Gasteiger charge is -2.19. The predicted molar refractivity (Wildman–Crippen MR) is 102 cm³/mol. The van der Waals surface area contributed by atoms with Gasteiger partial charge in [-0.3, -0.25) is 14.4 Å². The second-order valence-electron chi connectivity index (χ2n) is 6.27. The second kappa shape index (κ2) is 6.66. The van der Waals surface area contributed by atoms with Crippen molar-refractivity contribution in [2.24, 2.45) is 0 Å². The summed E-state index contributed by atoms with van der Waals surface area (Å²) in [4.78, 5) is 38.1. The molecule has 3 aromatic rings. The molecule has 0 bridgehead atoms. The fourth-order valence-electron chi connectivity index (χ4n) is 3.25. The molecule has 0 fully saturated rings. The molecule has 28 heavy (non-hydrogen) atoms. The average molecular weight is 373 g/mol. The molecule has 0 saturated carbocycles. The lowest BCUT2D eigenvalue weighted by atomic mass is 9.82. The SMILES string of the molecule is COc1cccc(NC(=O)c2ccc3c(c2O)C(=O)c2ccccc2C3=O)c1. The molecule has 1 amide bonds. The van der Waals surface area contributed by atoms with Crippen molar-refractivity contribution in [2.45, 2.75) is 0 Å². The molecule has 0 heterocycles. The van der Waals surface area contributed by atoms with Gasteiger partial charge in [-0.05, 0) is 24.3 Å². The number of ketones is 2. The second-order valence-corrected chi connectivity index (χ2v) is 6.27. The van der Waals surface area contributed by atoms with Crippen LogP contribution < -0.4 is 10.1 Å². The van der Waals surface area contributed by atoms with Crippen molar-refractivity contribution < 1.29 is 24.2 Å². The number of benzene rings is 3. The van der Waals surface area contributed by atoms with Crippen LogP contribution in [-0.2, 0) is 0 Å². The number of aromatic hydroxyl groups is 1. The largest absolute Gasteiger partial charge is 0.506 e. The van der Waals surface area contributed by atoms with Crippen molar-refractivity contribution >= 4 is 23.2 Å². The number of carbonyl (C=O) groups is 3. The van der Waals surface area contributed by atoms with Crippen molar-refractivity contribution in [1.82, 2.24) is 0 Å². The van der Waals surface area contributed by atoms with Gasteiger partial charge in [-0.2, -0.15) is 0 Å². The van der Waals surface area contributed by atoms with Crippen molar-refractivity contribution in [1.29, 1.82) is 0 Å². The Labute approximate surface area is 160 Å². The van der Waals surface area contributed by atoms with E-state index >= 15 is 0 Å². The smallest absolute Gasteiger partial charge is 0.259 e. The van der Waals surface area contributed by atoms with Crippen LogP contribution in [0.3, 0.4) is 0 Å². The van der Waals surface area contributed by atoms with Crippen molar-refractivity contribution in [2.75, 3.05) is 12.4 Å². The maximum Gasteiger partial charge on any atom is 0.259 e. The molecule has 6 nitrogen and oxygen atoms in total. The molecule has 0 spiro atoms. The Bertz CT molecular complexity index is 1150. The Balaban J connectivity index is 1.74. The van der Waals surface area contributed by atoms with Gasteiger partial charge in [0, 0.05) is 28.4 Å². The van der Waals surface area contributed by atoms with Gasteiger partial charge in [-0.1, -0.05) is 30.3 Å². The van der Waals surface area contributed by atoms with E-state index in [0.717, 1.165) is 0 Å². The fraction of sp³-hybridized carbons (Fsp3) is 0.0455. The first kappa shape index (κ1) is 17.5. The summed E-state index contributed by atoms with van der Waals surface area (Å²) in [6.07, 6.45) is 0. The number of amides is 1. The number of hydrogen-bond donors (Lipinski definition) is 2. The molecule has 0 aliphatic heterocycles. The number of anilines is 1. The van der Waals surface area contributed by atoms with Gasteiger partial charge in [0.15, 0.2) is 11.6 Å². The van der Waals surface area contributed by atoms with Crippen LogP contribution in [0.1, 0.15) is 42.2 Å². The number of fused-ring (bicyclic) bond motifs is 2. The first-order valence-corrected chi connectivity index (χ1v) is 8.51. The summed E-state index contributed by atoms with van der Waals surface area (Å²) >= 11 is 0. The molecular weight excluding hydrogens is 358 g/mol. The summed E-state index contributed by atoms with van der Waals surface area (Å²) in [7, 11) is 1.51. The van der Waals surface area contributed by atoms with Gasteiger partial charge >= 0.3 is 0 Å². The lowest BCUT2D eigenvalue weighted by Crippen LogP contribution is -2.22. The molecule has 0 unspecified atom stereocenters. The van der Waals surface area contributed by atoms with Crippen LogP contribution in [0.15, 0.2) is 60.7 Å². The summed E-state index contributed by atoms with van der Waals surface area (Å²) in [6, 6.07) is 15.9. The topological polar surface area (TPSA) is 92.7 Å². The Kier molecular flexibility index (Phi) is 4.16. The van der Waals surface area contributed by atoms with Gasteiger partial charge in [0.1, 0.15) is 11.5 Å². The maximum atomic E-state index is 12.8. The van der Waals surface area contributed by atoms with Gasteiger partial charge < -0.3 is 15.2 Å². The van der Waals surface area contributed by atoms with Crippen LogP contribution >= 0.6 is 0 Å². The minimum atomic E-state index is -0.604. The van der Waals surface area contributed by atoms with Crippen LogP contribution in [0.2, 0.25) is 0 Å². The highest BCUT2D eigenvalue weighted by atomic mass is 16.5. The van der Waals surface area contributed by atoms with E-state index in [-0.39, 0.29) is 33.6 Å². The number of carbonyl (C=O) groups excluding carboxylic acids is 3. The van der Waals surface area contributed by atoms with Gasteiger partial charge in [0.25, 0.3) is 5.91 Å². The zero-order valence-corrected chi connectivity index (χ0v) is 14.9. The van der Waals surface area contributed by atoms with E-state index in [2.05, 4.69) is 5.32 Å². The van der Waals surface area contributed by atoms with Gasteiger partial charge in [-0.25, -0.2) is 0 Å². The van der Waals surface area contributed by atoms with Crippen molar-refractivity contribution in [3.63, 3.8) is 0 Å². The van der Waals surface area contributed by atoms with E-state index in [1.54, 1.807) is 42.5 Å². The maximum absolute atomic E-state index is 12.8. The highest BCUT2D eigenvalue weighted by Gasteiger charge is 2.33. The Hall–Kier alpha value is -3.93. The van der Waals surface area contributed by atoms with Crippen LogP contribution in [0.4, 0.5) is 5.69 Å². The van der Waals surface area contributed by atoms with E-state index in [0.29, 0.717) is 11.4 Å². The normalized spacial score (nSPS) is 12.2. The highest BCUT2D eigenvalue weighted by molar-refractivity contribution is 6.30. The number of ether oxygens (including phenoxy) is 1. The third kappa shape index (κ3) is 2.72. The molecule has 4 rings (SSSR count). The zero-order valence-electron chi connectivity index (χ0n) is 14.9. The van der Waals surface area contributed by atoms with Crippen LogP contribution in [0, 0.1) is 0 Å². The molecule has 0 saturated heterocycles. The molecule has 2 N–H and O–H groups in total. The van der Waals surface area contributed by atoms with Gasteiger partial charge in [0.2, 0.25) is 0 Å². The number of phenols is 1. The van der Waals surface area contributed by atoms with E-state index in [1.807, 2.05) is 0 Å². The summed E-state index contributed by atoms with van der Waals surface area (Å²) in [5.41, 5.74) is 0.797. The molecule has 3 aromatic carbocycles. The van der Waals surface area contributed by atoms with E-state index < -0.39 is 17.4 Å². The molecule has 0 aromatic heterocycles. The van der Waals surface area contributed by atoms with Crippen LogP contribution in [0.5, 0.6) is 11.5 Å². The molecule has 0 atom stereocenters. The summed E-state index contributed by atoms with van der Waals surface area (Å²) in [5, 5.41) is 13.3. The van der Waals surface area contributed by atoms with E-state index in [9.17, 15) is 19.5 Å². The van der Waals surface area contributed by atoms with Gasteiger partial charge in [0.05, 0.1) is 18.2 Å². The third-order valence-corrected chi connectivity index (χ3v) is 4.64. The van der Waals surface area contributed by atoms with Crippen molar-refractivity contribution in [3.05, 3.63) is 88.5 Å². The quantitative estimate of drug-likeness (QED) is 0.574. The minimum absolute atomic E-state index is 0.0825. The fourth-order valence-corrected chi connectivity index (χ4v) is 3.25. The lowest BCUT2D eigenvalue weighted by molar-refractivity contribution is 0.0974. The molecule has 138 valence electrons. The summed E-state index contributed by atoms with van der Waals surface area (Å²) < 4.78 is 5.12. The summed E-state index contributed by atoms with van der Waals surface area (Å²) in [5.74, 6) is -1.40. The van der Waals surface area contributed by atoms with E-state index in [1.165, 1.54) is 25.3 Å². The molecule has 6 heteroatoms. The van der Waals surface area contributed by atoms with Crippen LogP contribution in [0.25, 0.3) is 0 Å². The molecule has 1 aliphatic carbocycles. The predicted octanol–water partition coefficient (Wildman–Crippen LogP) is 3.43. The van der Waals surface area contributed by atoms with E-state index in [4.69, 9.17) is 4.74 Å². The molecule has 0 radical (unpaired) electrons. The number of hydrogen-bond acceptors (Lipinski definition) is 5. The average Bonchev–Trinajstić information content (AvgIpc) is 2.72. The Morgan fingerprint density at radius 1 is 0.893 bits per heavy atom.